The summed E-state index contributed by atoms with van der Waals surface area (Å²) in [4.78, 5) is 9.73. The van der Waals surface area contributed by atoms with Gasteiger partial charge in [0.25, 0.3) is 0 Å². The maximum absolute atomic E-state index is 12.8. The average molecular weight is 1050 g/mol. The Balaban J connectivity index is 0.000000250. The van der Waals surface area contributed by atoms with Crippen LogP contribution in [-0.4, -0.2) is 22.6 Å². The van der Waals surface area contributed by atoms with Crippen LogP contribution < -0.4 is 5.19 Å². The van der Waals surface area contributed by atoms with Crippen LogP contribution in [0.2, 0.25) is 19.6 Å². The molecule has 0 aliphatic heterocycles. The van der Waals surface area contributed by atoms with Crippen LogP contribution in [0, 0.1) is 17.9 Å². The van der Waals surface area contributed by atoms with E-state index in [0.29, 0.717) is 0 Å². The molecule has 5 nitrogen and oxygen atoms in total. The Kier molecular flexibility index (Phi) is 11.8. The number of imidazole rings is 1. The molecule has 65 heavy (non-hydrogen) atoms. The number of aromatic nitrogens is 3. The minimum atomic E-state index is -1.30. The number of halogens is 1. The van der Waals surface area contributed by atoms with Gasteiger partial charge in [0.2, 0.25) is 0 Å². The summed E-state index contributed by atoms with van der Waals surface area (Å²) in [5.41, 5.74) is 14.0. The van der Waals surface area contributed by atoms with Gasteiger partial charge < -0.3 is 18.4 Å². The van der Waals surface area contributed by atoms with Gasteiger partial charge in [0.15, 0.2) is 0 Å². The van der Waals surface area contributed by atoms with Gasteiger partial charge in [-0.15, -0.1) is 48.0 Å². The Morgan fingerprint density at radius 1 is 0.631 bits per heavy atom. The first kappa shape index (κ1) is 43.8. The third kappa shape index (κ3) is 8.16. The van der Waals surface area contributed by atoms with Gasteiger partial charge in [-0.3, -0.25) is 9.37 Å². The molecule has 0 unspecified atom stereocenters. The molecule has 0 atom stereocenters. The normalized spacial score (nSPS) is 11.8. The Labute approximate surface area is 393 Å². The number of hydrogen-bond donors (Lipinski definition) is 0. The SMILES string of the molecule is CC(C)c1cc(-c2ccccc2)cc(C(C)C)c1-n1c(-c2[c-]ccc3c2oc2cc4oc5ccccc5c4cc23)nc2ccccc21.C[Si](C)(C)c1ccc(-c2[c-]cc(F)cc2)nc1.[Ir]. The molecule has 7 aromatic carbocycles. The second-order valence-electron chi connectivity index (χ2n) is 18.2. The fraction of sp³-hybridized carbons (Fsp3) is 0.158. The summed E-state index contributed by atoms with van der Waals surface area (Å²) in [5.74, 6) is 1.10. The van der Waals surface area contributed by atoms with Gasteiger partial charge in [-0.1, -0.05) is 131 Å². The van der Waals surface area contributed by atoms with Crippen molar-refractivity contribution < 1.29 is 33.3 Å². The summed E-state index contributed by atoms with van der Waals surface area (Å²) in [7, 11) is -1.30. The minimum Gasteiger partial charge on any atom is -0.500 e. The van der Waals surface area contributed by atoms with E-state index in [9.17, 15) is 4.39 Å². The van der Waals surface area contributed by atoms with Gasteiger partial charge in [-0.2, -0.15) is 0 Å². The van der Waals surface area contributed by atoms with Crippen molar-refractivity contribution in [2.75, 3.05) is 0 Å². The van der Waals surface area contributed by atoms with Crippen LogP contribution >= 0.6 is 0 Å². The number of pyridine rings is 1. The molecule has 4 aromatic heterocycles. The number of para-hydroxylation sites is 3. The van der Waals surface area contributed by atoms with Crippen LogP contribution in [0.3, 0.4) is 0 Å². The van der Waals surface area contributed by atoms with Gasteiger partial charge in [0.1, 0.15) is 16.7 Å². The van der Waals surface area contributed by atoms with Crippen LogP contribution in [0.25, 0.3) is 94.4 Å². The second kappa shape index (κ2) is 17.5. The van der Waals surface area contributed by atoms with Gasteiger partial charge in [-0.05, 0) is 81.4 Å². The van der Waals surface area contributed by atoms with Gasteiger partial charge in [0.05, 0.1) is 30.5 Å². The van der Waals surface area contributed by atoms with Crippen molar-refractivity contribution in [2.45, 2.75) is 59.2 Å². The first-order valence-corrected chi connectivity index (χ1v) is 25.5. The molecule has 11 aromatic rings. The zero-order valence-electron chi connectivity index (χ0n) is 37.5. The van der Waals surface area contributed by atoms with E-state index in [1.165, 1.54) is 45.3 Å². The first-order chi connectivity index (χ1) is 30.9. The van der Waals surface area contributed by atoms with Gasteiger partial charge in [-0.25, -0.2) is 0 Å². The standard InChI is InChI=1S/C43H33N2O2.C14H15FNSi.Ir/c1-25(2)32-21-28(27-13-6-5-7-14-27)22-33(26(3)4)41(32)45-37-19-10-9-18-36(37)44-43(45)31-17-12-16-30-35-23-34-29-15-8-11-20-38(29)46-39(34)24-40(35)47-42(30)31;1-17(2,3)13-8-9-14(16-10-13)11-4-6-12(15)7-5-11;/h5-16,18-26H,1-4H3;4,6-10H,1-3H3;/q2*-1;. The van der Waals surface area contributed by atoms with Crippen molar-refractivity contribution in [3.05, 3.63) is 181 Å². The van der Waals surface area contributed by atoms with Crippen LogP contribution in [-0.2, 0) is 20.1 Å². The maximum Gasteiger partial charge on any atom is 0.139 e. The van der Waals surface area contributed by atoms with E-state index in [4.69, 9.17) is 13.8 Å². The summed E-state index contributed by atoms with van der Waals surface area (Å²) in [6, 6.07) is 55.3. The molecule has 0 N–H and O–H groups in total. The van der Waals surface area contributed by atoms with Crippen LogP contribution in [0.15, 0.2) is 161 Å². The molecule has 325 valence electrons. The molecule has 1 radical (unpaired) electrons. The quantitative estimate of drug-likeness (QED) is 0.118. The number of fused-ring (bicyclic) bond motifs is 7. The fourth-order valence-electron chi connectivity index (χ4n) is 8.72. The van der Waals surface area contributed by atoms with Crippen LogP contribution in [0.1, 0.15) is 50.7 Å². The molecule has 4 heterocycles. The minimum absolute atomic E-state index is 0. The monoisotopic (exact) mass is 1050 g/mol. The molecule has 0 amide bonds. The average Bonchev–Trinajstić information content (AvgIpc) is 3.99. The fourth-order valence-corrected chi connectivity index (χ4v) is 9.76. The molecule has 0 bridgehead atoms. The van der Waals surface area contributed by atoms with Gasteiger partial charge in [0, 0.05) is 60.0 Å². The maximum atomic E-state index is 12.8. The molecular formula is C57H48FIrN3O2Si-2. The molecule has 0 fully saturated rings. The zero-order chi connectivity index (χ0) is 44.3. The third-order valence-electron chi connectivity index (χ3n) is 12.1. The number of nitrogens with zero attached hydrogens (tertiary/aromatic N) is 3. The summed E-state index contributed by atoms with van der Waals surface area (Å²) in [5, 5.41) is 5.59. The third-order valence-corrected chi connectivity index (χ3v) is 14.2. The molecule has 11 rings (SSSR count). The molecular weight excluding hydrogens is 998 g/mol. The van der Waals surface area contributed by atoms with E-state index < -0.39 is 8.07 Å². The summed E-state index contributed by atoms with van der Waals surface area (Å²) in [6.45, 7) is 16.0. The van der Waals surface area contributed by atoms with E-state index in [1.54, 1.807) is 6.07 Å². The Morgan fingerprint density at radius 2 is 1.32 bits per heavy atom. The van der Waals surface area contributed by atoms with Crippen molar-refractivity contribution in [2.24, 2.45) is 0 Å². The van der Waals surface area contributed by atoms with Crippen LogP contribution in [0.5, 0.6) is 0 Å². The van der Waals surface area contributed by atoms with E-state index in [-0.39, 0.29) is 37.8 Å². The predicted molar refractivity (Wildman–Crippen MR) is 265 cm³/mol. The van der Waals surface area contributed by atoms with E-state index in [1.807, 2.05) is 36.5 Å². The van der Waals surface area contributed by atoms with E-state index in [0.717, 1.165) is 77.6 Å². The summed E-state index contributed by atoms with van der Waals surface area (Å²) < 4.78 is 28.1. The topological polar surface area (TPSA) is 57.0 Å². The molecule has 0 saturated carbocycles. The Morgan fingerprint density at radius 3 is 2.02 bits per heavy atom. The largest absolute Gasteiger partial charge is 0.500 e. The smallest absolute Gasteiger partial charge is 0.139 e. The first-order valence-electron chi connectivity index (χ1n) is 22.0. The molecule has 8 heteroatoms. The Hall–Kier alpha value is -6.44. The summed E-state index contributed by atoms with van der Waals surface area (Å²) in [6.07, 6.45) is 1.93. The molecule has 0 aliphatic rings. The Bertz CT molecular complexity index is 3460. The predicted octanol–water partition coefficient (Wildman–Crippen LogP) is 15.4. The van der Waals surface area contributed by atoms with Crippen molar-refractivity contribution in [3.8, 4) is 39.5 Å². The molecule has 0 aliphatic carbocycles. The van der Waals surface area contributed by atoms with Crippen molar-refractivity contribution in [3.63, 3.8) is 0 Å². The molecule has 0 saturated heterocycles. The summed E-state index contributed by atoms with van der Waals surface area (Å²) >= 11 is 0. The number of furan rings is 2. The number of rotatable bonds is 7. The van der Waals surface area contributed by atoms with Crippen LogP contribution in [0.4, 0.5) is 4.39 Å². The number of hydrogen-bond acceptors (Lipinski definition) is 4. The van der Waals surface area contributed by atoms with Gasteiger partial charge >= 0.3 is 0 Å². The zero-order valence-corrected chi connectivity index (χ0v) is 40.9. The van der Waals surface area contributed by atoms with Crippen molar-refractivity contribution in [1.82, 2.24) is 14.5 Å². The van der Waals surface area contributed by atoms with Crippen molar-refractivity contribution in [1.29, 1.82) is 0 Å². The second-order valence-corrected chi connectivity index (χ2v) is 23.3. The molecule has 0 spiro atoms. The van der Waals surface area contributed by atoms with E-state index in [2.05, 4.69) is 166 Å². The number of benzene rings is 7. The van der Waals surface area contributed by atoms with E-state index >= 15 is 0 Å². The van der Waals surface area contributed by atoms with Crippen molar-refractivity contribution >= 4 is 68.2 Å².